The SMILES string of the molecule is CCN(CC)CCCC(C)NC(=NCc1ccc([N+](=O)[O-])cc1)NCC(=O)N(C)C.I. The molecule has 0 aliphatic carbocycles. The highest BCUT2D eigenvalue weighted by atomic mass is 127. The Kier molecular flexibility index (Phi) is 14.8. The van der Waals surface area contributed by atoms with Crippen molar-refractivity contribution in [1.29, 1.82) is 0 Å². The van der Waals surface area contributed by atoms with Gasteiger partial charge in [-0.1, -0.05) is 26.0 Å². The molecule has 0 spiro atoms. The molecular weight excluding hydrogens is 511 g/mol. The van der Waals surface area contributed by atoms with Crippen LogP contribution in [0.25, 0.3) is 0 Å². The Morgan fingerprint density at radius 3 is 2.32 bits per heavy atom. The number of likely N-dealkylation sites (N-methyl/N-ethyl adjacent to an activating group) is 1. The van der Waals surface area contributed by atoms with Crippen molar-refractivity contribution < 1.29 is 9.72 Å². The lowest BCUT2D eigenvalue weighted by molar-refractivity contribution is -0.384. The molecule has 0 radical (unpaired) electrons. The number of nitrogens with zero attached hydrogens (tertiary/aromatic N) is 4. The summed E-state index contributed by atoms with van der Waals surface area (Å²) < 4.78 is 0. The van der Waals surface area contributed by atoms with Gasteiger partial charge in [0.2, 0.25) is 5.91 Å². The number of nitro groups is 1. The predicted octanol–water partition coefficient (Wildman–Crippen LogP) is 2.85. The second-order valence-electron chi connectivity index (χ2n) is 7.44. The Labute approximate surface area is 202 Å². The summed E-state index contributed by atoms with van der Waals surface area (Å²) in [6, 6.07) is 6.52. The van der Waals surface area contributed by atoms with Crippen LogP contribution in [0.3, 0.4) is 0 Å². The third-order valence-corrected chi connectivity index (χ3v) is 4.86. The van der Waals surface area contributed by atoms with E-state index in [2.05, 4.69) is 41.3 Å². The van der Waals surface area contributed by atoms with E-state index >= 15 is 0 Å². The predicted molar refractivity (Wildman–Crippen MR) is 136 cm³/mol. The quantitative estimate of drug-likeness (QED) is 0.137. The molecule has 176 valence electrons. The third kappa shape index (κ3) is 11.9. The molecule has 1 amide bonds. The van der Waals surface area contributed by atoms with E-state index in [0.29, 0.717) is 12.5 Å². The largest absolute Gasteiger partial charge is 0.354 e. The van der Waals surface area contributed by atoms with E-state index in [9.17, 15) is 14.9 Å². The van der Waals surface area contributed by atoms with Crippen LogP contribution in [0.4, 0.5) is 5.69 Å². The molecule has 0 saturated carbocycles. The van der Waals surface area contributed by atoms with Crippen LogP contribution in [-0.4, -0.2) is 72.9 Å². The van der Waals surface area contributed by atoms with Gasteiger partial charge in [-0.05, 0) is 45.0 Å². The van der Waals surface area contributed by atoms with Gasteiger partial charge in [-0.2, -0.15) is 0 Å². The first kappa shape index (κ1) is 29.1. The van der Waals surface area contributed by atoms with E-state index in [-0.39, 0.29) is 48.2 Å². The summed E-state index contributed by atoms with van der Waals surface area (Å²) in [7, 11) is 3.42. The first-order valence-corrected chi connectivity index (χ1v) is 10.5. The monoisotopic (exact) mass is 548 g/mol. The number of carbonyl (C=O) groups excluding carboxylic acids is 1. The number of amides is 1. The zero-order valence-electron chi connectivity index (χ0n) is 19.3. The van der Waals surface area contributed by atoms with E-state index in [1.807, 2.05) is 0 Å². The summed E-state index contributed by atoms with van der Waals surface area (Å²) in [5, 5.41) is 17.2. The Balaban J connectivity index is 0.00000900. The summed E-state index contributed by atoms with van der Waals surface area (Å²) in [5.74, 6) is 0.507. The minimum atomic E-state index is -0.422. The van der Waals surface area contributed by atoms with Crippen molar-refractivity contribution in [3.63, 3.8) is 0 Å². The average molecular weight is 548 g/mol. The summed E-state index contributed by atoms with van der Waals surface area (Å²) in [6.07, 6.45) is 2.05. The maximum absolute atomic E-state index is 11.9. The first-order valence-electron chi connectivity index (χ1n) is 10.5. The minimum absolute atomic E-state index is 0. The Morgan fingerprint density at radius 2 is 1.81 bits per heavy atom. The summed E-state index contributed by atoms with van der Waals surface area (Å²) in [6.45, 7) is 10.1. The van der Waals surface area contributed by atoms with Gasteiger partial charge in [0.15, 0.2) is 5.96 Å². The Hall–Kier alpha value is -1.95. The highest BCUT2D eigenvalue weighted by Crippen LogP contribution is 2.12. The molecule has 1 atom stereocenters. The van der Waals surface area contributed by atoms with Crippen LogP contribution in [0.2, 0.25) is 0 Å². The van der Waals surface area contributed by atoms with E-state index < -0.39 is 4.92 Å². The third-order valence-electron chi connectivity index (χ3n) is 4.86. The van der Waals surface area contributed by atoms with Crippen LogP contribution in [0, 0.1) is 10.1 Å². The van der Waals surface area contributed by atoms with Crippen molar-refractivity contribution in [3.8, 4) is 0 Å². The van der Waals surface area contributed by atoms with Gasteiger partial charge in [0.05, 0.1) is 18.0 Å². The zero-order chi connectivity index (χ0) is 22.5. The highest BCUT2D eigenvalue weighted by Gasteiger charge is 2.10. The van der Waals surface area contributed by atoms with Crippen LogP contribution in [-0.2, 0) is 11.3 Å². The van der Waals surface area contributed by atoms with Crippen molar-refractivity contribution in [1.82, 2.24) is 20.4 Å². The number of nitro benzene ring substituents is 1. The van der Waals surface area contributed by atoms with Crippen molar-refractivity contribution >= 4 is 41.5 Å². The average Bonchev–Trinajstić information content (AvgIpc) is 2.73. The van der Waals surface area contributed by atoms with Crippen LogP contribution in [0.5, 0.6) is 0 Å². The van der Waals surface area contributed by atoms with Crippen LogP contribution >= 0.6 is 24.0 Å². The molecule has 10 heteroatoms. The summed E-state index contributed by atoms with van der Waals surface area (Å²) in [5.41, 5.74) is 0.910. The fourth-order valence-electron chi connectivity index (χ4n) is 2.83. The molecular formula is C21H37IN6O3. The Bertz CT molecular complexity index is 693. The molecule has 1 aromatic carbocycles. The van der Waals surface area contributed by atoms with Gasteiger partial charge in [-0.25, -0.2) is 4.99 Å². The van der Waals surface area contributed by atoms with Gasteiger partial charge in [-0.3, -0.25) is 14.9 Å². The number of carbonyl (C=O) groups is 1. The minimum Gasteiger partial charge on any atom is -0.354 e. The molecule has 0 aliphatic heterocycles. The maximum atomic E-state index is 11.9. The molecule has 31 heavy (non-hydrogen) atoms. The number of non-ortho nitro benzene ring substituents is 1. The molecule has 2 N–H and O–H groups in total. The number of hydrogen-bond donors (Lipinski definition) is 2. The molecule has 0 heterocycles. The Morgan fingerprint density at radius 1 is 1.19 bits per heavy atom. The van der Waals surface area contributed by atoms with Crippen molar-refractivity contribution in [2.45, 2.75) is 46.2 Å². The number of benzene rings is 1. The van der Waals surface area contributed by atoms with Gasteiger partial charge < -0.3 is 20.4 Å². The first-order chi connectivity index (χ1) is 14.3. The maximum Gasteiger partial charge on any atom is 0.269 e. The van der Waals surface area contributed by atoms with Crippen LogP contribution < -0.4 is 10.6 Å². The molecule has 0 saturated heterocycles. The second kappa shape index (κ2) is 15.8. The number of rotatable bonds is 12. The van der Waals surface area contributed by atoms with Crippen LogP contribution in [0.15, 0.2) is 29.3 Å². The van der Waals surface area contributed by atoms with Gasteiger partial charge >= 0.3 is 0 Å². The molecule has 0 fully saturated rings. The molecule has 1 rings (SSSR count). The normalized spacial score (nSPS) is 12.1. The second-order valence-corrected chi connectivity index (χ2v) is 7.44. The van der Waals surface area contributed by atoms with E-state index in [1.165, 1.54) is 17.0 Å². The molecule has 0 aromatic heterocycles. The number of aliphatic imine (C=N–C) groups is 1. The van der Waals surface area contributed by atoms with Crippen molar-refractivity contribution in [2.24, 2.45) is 4.99 Å². The topological polar surface area (TPSA) is 103 Å². The summed E-state index contributed by atoms with van der Waals surface area (Å²) >= 11 is 0. The smallest absolute Gasteiger partial charge is 0.269 e. The molecule has 1 unspecified atom stereocenters. The van der Waals surface area contributed by atoms with Crippen LogP contribution in [0.1, 0.15) is 39.2 Å². The number of halogens is 1. The molecule has 1 aromatic rings. The molecule has 0 bridgehead atoms. The number of hydrogen-bond acceptors (Lipinski definition) is 5. The van der Waals surface area contributed by atoms with Gasteiger partial charge in [-0.15, -0.1) is 24.0 Å². The van der Waals surface area contributed by atoms with Gasteiger partial charge in [0, 0.05) is 32.3 Å². The van der Waals surface area contributed by atoms with Gasteiger partial charge in [0.1, 0.15) is 0 Å². The van der Waals surface area contributed by atoms with Crippen molar-refractivity contribution in [3.05, 3.63) is 39.9 Å². The lowest BCUT2D eigenvalue weighted by Gasteiger charge is -2.21. The molecule has 0 aliphatic rings. The zero-order valence-corrected chi connectivity index (χ0v) is 21.6. The van der Waals surface area contributed by atoms with E-state index in [4.69, 9.17) is 0 Å². The fourth-order valence-corrected chi connectivity index (χ4v) is 2.83. The summed E-state index contributed by atoms with van der Waals surface area (Å²) in [4.78, 5) is 30.8. The number of guanidine groups is 1. The van der Waals surface area contributed by atoms with E-state index in [1.54, 1.807) is 26.2 Å². The lowest BCUT2D eigenvalue weighted by Crippen LogP contribution is -2.46. The highest BCUT2D eigenvalue weighted by molar-refractivity contribution is 14.0. The van der Waals surface area contributed by atoms with Gasteiger partial charge in [0.25, 0.3) is 5.69 Å². The van der Waals surface area contributed by atoms with E-state index in [0.717, 1.165) is 38.0 Å². The standard InChI is InChI=1S/C21H36N6O3.HI/c1-6-26(7-2)14-8-9-17(3)24-21(23-16-20(28)25(4)5)22-15-18-10-12-19(13-11-18)27(29)30;/h10-13,17H,6-9,14-16H2,1-5H3,(H2,22,23,24);1H. The van der Waals surface area contributed by atoms with Crippen molar-refractivity contribution in [2.75, 3.05) is 40.3 Å². The number of nitrogens with one attached hydrogen (secondary N) is 2. The fraction of sp³-hybridized carbons (Fsp3) is 0.619. The molecule has 9 nitrogen and oxygen atoms in total. The lowest BCUT2D eigenvalue weighted by atomic mass is 10.2.